The van der Waals surface area contributed by atoms with Gasteiger partial charge in [-0.2, -0.15) is 0 Å². The average molecular weight is 275 g/mol. The van der Waals surface area contributed by atoms with Crippen LogP contribution >= 0.6 is 11.6 Å². The topological polar surface area (TPSA) is 24.9 Å². The van der Waals surface area contributed by atoms with Gasteiger partial charge < -0.3 is 5.32 Å². The Morgan fingerprint density at radius 3 is 2.79 bits per heavy atom. The van der Waals surface area contributed by atoms with E-state index in [1.165, 1.54) is 11.1 Å². The number of rotatable bonds is 5. The van der Waals surface area contributed by atoms with Crippen LogP contribution in [0, 0.1) is 6.92 Å². The van der Waals surface area contributed by atoms with Crippen molar-refractivity contribution in [3.8, 4) is 0 Å². The molecular weight excluding hydrogens is 256 g/mol. The molecule has 0 aliphatic heterocycles. The molecule has 2 nitrogen and oxygen atoms in total. The molecule has 0 fully saturated rings. The number of halogens is 1. The third-order valence-electron chi connectivity index (χ3n) is 3.22. The molecule has 19 heavy (non-hydrogen) atoms. The van der Waals surface area contributed by atoms with Gasteiger partial charge in [0.05, 0.1) is 5.69 Å². The summed E-state index contributed by atoms with van der Waals surface area (Å²) in [6.45, 7) is 5.76. The molecule has 2 aromatic rings. The third kappa shape index (κ3) is 3.79. The molecule has 100 valence electrons. The van der Waals surface area contributed by atoms with Crippen LogP contribution < -0.4 is 5.32 Å². The predicted octanol–water partition coefficient (Wildman–Crippen LogP) is 3.90. The van der Waals surface area contributed by atoms with Crippen LogP contribution in [0.3, 0.4) is 0 Å². The summed E-state index contributed by atoms with van der Waals surface area (Å²) in [5.41, 5.74) is 4.74. The molecule has 1 N–H and O–H groups in total. The van der Waals surface area contributed by atoms with E-state index < -0.39 is 0 Å². The van der Waals surface area contributed by atoms with Crippen LogP contribution in [0.5, 0.6) is 0 Å². The molecule has 1 aromatic carbocycles. The molecule has 1 aromatic heterocycles. The van der Waals surface area contributed by atoms with Crippen molar-refractivity contribution in [3.63, 3.8) is 0 Å². The van der Waals surface area contributed by atoms with Crippen molar-refractivity contribution in [2.24, 2.45) is 0 Å². The largest absolute Gasteiger partial charge is 0.307 e. The number of benzene rings is 1. The van der Waals surface area contributed by atoms with Crippen LogP contribution in [0.2, 0.25) is 5.02 Å². The second kappa shape index (κ2) is 6.69. The lowest BCUT2D eigenvalue weighted by Gasteiger charge is -2.09. The molecule has 0 amide bonds. The van der Waals surface area contributed by atoms with Crippen molar-refractivity contribution in [2.45, 2.75) is 33.4 Å². The lowest BCUT2D eigenvalue weighted by Crippen LogP contribution is -2.15. The van der Waals surface area contributed by atoms with Gasteiger partial charge in [-0.1, -0.05) is 36.7 Å². The maximum absolute atomic E-state index is 6.12. The van der Waals surface area contributed by atoms with Crippen LogP contribution in [0.15, 0.2) is 36.5 Å². The zero-order valence-corrected chi connectivity index (χ0v) is 12.2. The van der Waals surface area contributed by atoms with E-state index in [0.717, 1.165) is 35.8 Å². The zero-order valence-electron chi connectivity index (χ0n) is 11.4. The molecular formula is C16H19ClN2. The third-order valence-corrected chi connectivity index (χ3v) is 3.63. The fourth-order valence-corrected chi connectivity index (χ4v) is 2.23. The molecule has 0 radical (unpaired) electrons. The van der Waals surface area contributed by atoms with E-state index >= 15 is 0 Å². The molecule has 0 atom stereocenters. The van der Waals surface area contributed by atoms with E-state index in [4.69, 9.17) is 11.6 Å². The minimum absolute atomic E-state index is 0.787. The Morgan fingerprint density at radius 2 is 2.05 bits per heavy atom. The molecule has 3 heteroatoms. The smallest absolute Gasteiger partial charge is 0.0573 e. The summed E-state index contributed by atoms with van der Waals surface area (Å²) in [5, 5.41) is 4.24. The normalized spacial score (nSPS) is 10.7. The van der Waals surface area contributed by atoms with E-state index in [1.807, 2.05) is 25.3 Å². The maximum atomic E-state index is 6.12. The summed E-state index contributed by atoms with van der Waals surface area (Å²) in [5.74, 6) is 0. The maximum Gasteiger partial charge on any atom is 0.0573 e. The Kier molecular flexibility index (Phi) is 4.94. The van der Waals surface area contributed by atoms with Crippen LogP contribution in [0.25, 0.3) is 0 Å². The van der Waals surface area contributed by atoms with Gasteiger partial charge in [0, 0.05) is 24.3 Å². The van der Waals surface area contributed by atoms with Crippen molar-refractivity contribution < 1.29 is 0 Å². The van der Waals surface area contributed by atoms with Crippen LogP contribution in [-0.4, -0.2) is 4.98 Å². The first-order valence-electron chi connectivity index (χ1n) is 6.59. The average Bonchev–Trinajstić information content (AvgIpc) is 2.43. The number of hydrogen-bond acceptors (Lipinski definition) is 2. The number of nitrogens with one attached hydrogen (secondary N) is 1. The van der Waals surface area contributed by atoms with Gasteiger partial charge in [-0.3, -0.25) is 4.98 Å². The molecule has 1 heterocycles. The zero-order chi connectivity index (χ0) is 13.7. The fourth-order valence-electron chi connectivity index (χ4n) is 2.02. The lowest BCUT2D eigenvalue weighted by atomic mass is 10.1. The first-order valence-corrected chi connectivity index (χ1v) is 6.97. The van der Waals surface area contributed by atoms with Gasteiger partial charge in [-0.15, -0.1) is 0 Å². The number of aryl methyl sites for hydroxylation is 2. The SMILES string of the molecule is CCc1cccnc1CNCc1ccc(C)c(Cl)c1. The number of aromatic nitrogens is 1. The van der Waals surface area contributed by atoms with Crippen molar-refractivity contribution in [3.05, 3.63) is 63.9 Å². The first kappa shape index (κ1) is 14.0. The monoisotopic (exact) mass is 274 g/mol. The summed E-state index contributed by atoms with van der Waals surface area (Å²) < 4.78 is 0. The summed E-state index contributed by atoms with van der Waals surface area (Å²) in [4.78, 5) is 4.42. The van der Waals surface area contributed by atoms with Gasteiger partial charge in [0.15, 0.2) is 0 Å². The Balaban J connectivity index is 1.94. The summed E-state index contributed by atoms with van der Waals surface area (Å²) in [7, 11) is 0. The summed E-state index contributed by atoms with van der Waals surface area (Å²) in [6.07, 6.45) is 2.86. The van der Waals surface area contributed by atoms with Gasteiger partial charge in [0.1, 0.15) is 0 Å². The minimum Gasteiger partial charge on any atom is -0.307 e. The fraction of sp³-hybridized carbons (Fsp3) is 0.312. The van der Waals surface area contributed by atoms with Crippen molar-refractivity contribution in [2.75, 3.05) is 0 Å². The van der Waals surface area contributed by atoms with Crippen LogP contribution in [0.1, 0.15) is 29.3 Å². The molecule has 0 unspecified atom stereocenters. The summed E-state index contributed by atoms with van der Waals surface area (Å²) >= 11 is 6.12. The van der Waals surface area contributed by atoms with Crippen molar-refractivity contribution in [1.82, 2.24) is 10.3 Å². The van der Waals surface area contributed by atoms with Crippen LogP contribution in [0.4, 0.5) is 0 Å². The number of hydrogen-bond donors (Lipinski definition) is 1. The Bertz CT molecular complexity index is 552. The second-order valence-electron chi connectivity index (χ2n) is 4.65. The highest BCUT2D eigenvalue weighted by molar-refractivity contribution is 6.31. The number of pyridine rings is 1. The highest BCUT2D eigenvalue weighted by Crippen LogP contribution is 2.16. The van der Waals surface area contributed by atoms with E-state index in [2.05, 4.69) is 35.4 Å². The van der Waals surface area contributed by atoms with Gasteiger partial charge in [0.2, 0.25) is 0 Å². The summed E-state index contributed by atoms with van der Waals surface area (Å²) in [6, 6.07) is 10.3. The molecule has 0 bridgehead atoms. The molecule has 2 rings (SSSR count). The Hall–Kier alpha value is -1.38. The molecule has 0 aliphatic rings. The van der Waals surface area contributed by atoms with Crippen LogP contribution in [-0.2, 0) is 19.5 Å². The van der Waals surface area contributed by atoms with Gasteiger partial charge >= 0.3 is 0 Å². The van der Waals surface area contributed by atoms with Gasteiger partial charge in [-0.25, -0.2) is 0 Å². The highest BCUT2D eigenvalue weighted by atomic mass is 35.5. The first-order chi connectivity index (χ1) is 9.20. The lowest BCUT2D eigenvalue weighted by molar-refractivity contribution is 0.673. The number of nitrogens with zero attached hydrogens (tertiary/aromatic N) is 1. The molecule has 0 saturated heterocycles. The second-order valence-corrected chi connectivity index (χ2v) is 5.06. The molecule has 0 aliphatic carbocycles. The van der Waals surface area contributed by atoms with E-state index in [9.17, 15) is 0 Å². The molecule has 0 spiro atoms. The van der Waals surface area contributed by atoms with Crippen molar-refractivity contribution in [1.29, 1.82) is 0 Å². The minimum atomic E-state index is 0.787. The highest BCUT2D eigenvalue weighted by Gasteiger charge is 2.02. The van der Waals surface area contributed by atoms with Gasteiger partial charge in [0.25, 0.3) is 0 Å². The van der Waals surface area contributed by atoms with E-state index in [1.54, 1.807) is 0 Å². The Morgan fingerprint density at radius 1 is 1.21 bits per heavy atom. The van der Waals surface area contributed by atoms with E-state index in [0.29, 0.717) is 0 Å². The predicted molar refractivity (Wildman–Crippen MR) is 80.3 cm³/mol. The quantitative estimate of drug-likeness (QED) is 0.895. The van der Waals surface area contributed by atoms with Gasteiger partial charge in [-0.05, 0) is 42.2 Å². The van der Waals surface area contributed by atoms with Crippen molar-refractivity contribution >= 4 is 11.6 Å². The Labute approximate surface area is 119 Å². The molecule has 0 saturated carbocycles. The van der Waals surface area contributed by atoms with E-state index in [-0.39, 0.29) is 0 Å². The standard InChI is InChI=1S/C16H19ClN2/c1-3-14-5-4-8-19-16(14)11-18-10-13-7-6-12(2)15(17)9-13/h4-9,18H,3,10-11H2,1-2H3.